The molecule has 1 rings (SSSR count). The highest BCUT2D eigenvalue weighted by Gasteiger charge is 2.37. The standard InChI is InChI=1S/C14H16O4/c1-4-5-6-7-11(15)10-8-14(3,18)13(17)9(2)12(10)16/h4-8,16,18H,1-3H3/b5-4+,7-6+/t14-/m0/s1. The summed E-state index contributed by atoms with van der Waals surface area (Å²) >= 11 is 0. The lowest BCUT2D eigenvalue weighted by Crippen LogP contribution is -2.38. The minimum Gasteiger partial charge on any atom is -0.507 e. The maximum absolute atomic E-state index is 11.8. The van der Waals surface area contributed by atoms with Gasteiger partial charge in [-0.15, -0.1) is 0 Å². The predicted octanol–water partition coefficient (Wildman–Crippen LogP) is 1.78. The highest BCUT2D eigenvalue weighted by Crippen LogP contribution is 2.27. The van der Waals surface area contributed by atoms with E-state index in [0.717, 1.165) is 6.08 Å². The lowest BCUT2D eigenvalue weighted by Gasteiger charge is -2.24. The fraction of sp³-hybridized carbons (Fsp3) is 0.286. The number of rotatable bonds is 3. The lowest BCUT2D eigenvalue weighted by molar-refractivity contribution is -0.128. The van der Waals surface area contributed by atoms with Crippen molar-refractivity contribution in [1.29, 1.82) is 0 Å². The van der Waals surface area contributed by atoms with Gasteiger partial charge in [-0.05, 0) is 32.9 Å². The number of hydrogen-bond donors (Lipinski definition) is 2. The van der Waals surface area contributed by atoms with Crippen LogP contribution in [0.4, 0.5) is 0 Å². The zero-order valence-electron chi connectivity index (χ0n) is 10.6. The zero-order chi connectivity index (χ0) is 13.9. The fourth-order valence-electron chi connectivity index (χ4n) is 1.64. The summed E-state index contributed by atoms with van der Waals surface area (Å²) in [4.78, 5) is 23.5. The van der Waals surface area contributed by atoms with Crippen molar-refractivity contribution in [1.82, 2.24) is 0 Å². The molecule has 18 heavy (non-hydrogen) atoms. The van der Waals surface area contributed by atoms with E-state index in [9.17, 15) is 19.8 Å². The molecule has 0 amide bonds. The van der Waals surface area contributed by atoms with Crippen molar-refractivity contribution in [2.24, 2.45) is 0 Å². The number of hydrogen-bond acceptors (Lipinski definition) is 4. The Bertz CT molecular complexity index is 502. The molecule has 0 heterocycles. The fourth-order valence-corrected chi connectivity index (χ4v) is 1.64. The second kappa shape index (κ2) is 5.14. The molecule has 0 aromatic heterocycles. The first-order valence-electron chi connectivity index (χ1n) is 5.55. The summed E-state index contributed by atoms with van der Waals surface area (Å²) < 4.78 is 0. The molecule has 96 valence electrons. The third-order valence-electron chi connectivity index (χ3n) is 2.65. The van der Waals surface area contributed by atoms with Gasteiger partial charge in [0.05, 0.1) is 5.57 Å². The first kappa shape index (κ1) is 14.1. The zero-order valence-corrected chi connectivity index (χ0v) is 10.6. The van der Waals surface area contributed by atoms with Gasteiger partial charge >= 0.3 is 0 Å². The van der Waals surface area contributed by atoms with E-state index in [-0.39, 0.29) is 16.9 Å². The summed E-state index contributed by atoms with van der Waals surface area (Å²) in [6, 6.07) is 0. The Labute approximate surface area is 106 Å². The molecule has 1 aliphatic rings. The van der Waals surface area contributed by atoms with Crippen LogP contribution in [0, 0.1) is 0 Å². The summed E-state index contributed by atoms with van der Waals surface area (Å²) in [5.41, 5.74) is -1.82. The maximum Gasteiger partial charge on any atom is 0.197 e. The van der Waals surface area contributed by atoms with E-state index >= 15 is 0 Å². The highest BCUT2D eigenvalue weighted by molar-refractivity contribution is 6.13. The molecule has 0 aliphatic heterocycles. The Kier molecular flexibility index (Phi) is 4.03. The van der Waals surface area contributed by atoms with Crippen LogP contribution in [-0.4, -0.2) is 27.4 Å². The van der Waals surface area contributed by atoms with Crippen LogP contribution in [0.25, 0.3) is 0 Å². The van der Waals surface area contributed by atoms with Gasteiger partial charge in [-0.2, -0.15) is 0 Å². The summed E-state index contributed by atoms with van der Waals surface area (Å²) in [5, 5.41) is 19.6. The number of aliphatic hydroxyl groups is 2. The molecule has 0 aromatic carbocycles. The normalized spacial score (nSPS) is 25.1. The molecule has 1 aliphatic carbocycles. The molecule has 4 heteroatoms. The number of carbonyl (C=O) groups is 2. The first-order chi connectivity index (χ1) is 8.31. The monoisotopic (exact) mass is 248 g/mol. The van der Waals surface area contributed by atoms with Gasteiger partial charge in [0.1, 0.15) is 11.4 Å². The van der Waals surface area contributed by atoms with Gasteiger partial charge in [0, 0.05) is 5.57 Å². The van der Waals surface area contributed by atoms with Crippen LogP contribution < -0.4 is 0 Å². The smallest absolute Gasteiger partial charge is 0.197 e. The topological polar surface area (TPSA) is 74.6 Å². The molecule has 0 saturated heterocycles. The quantitative estimate of drug-likeness (QED) is 0.589. The number of aliphatic hydroxyl groups excluding tert-OH is 1. The number of carbonyl (C=O) groups excluding carboxylic acids is 2. The van der Waals surface area contributed by atoms with E-state index in [4.69, 9.17) is 0 Å². The van der Waals surface area contributed by atoms with Crippen molar-refractivity contribution >= 4 is 11.6 Å². The number of Topliss-reactive ketones (excluding diaryl/α,β-unsaturated/α-hetero) is 1. The Morgan fingerprint density at radius 1 is 1.39 bits per heavy atom. The van der Waals surface area contributed by atoms with Crippen LogP contribution in [0.1, 0.15) is 20.8 Å². The van der Waals surface area contributed by atoms with Gasteiger partial charge in [0.15, 0.2) is 11.6 Å². The van der Waals surface area contributed by atoms with Gasteiger partial charge in [0.25, 0.3) is 0 Å². The van der Waals surface area contributed by atoms with Crippen molar-refractivity contribution in [2.45, 2.75) is 26.4 Å². The van der Waals surface area contributed by atoms with E-state index in [1.165, 1.54) is 26.0 Å². The van der Waals surface area contributed by atoms with Crippen molar-refractivity contribution in [3.63, 3.8) is 0 Å². The van der Waals surface area contributed by atoms with Crippen molar-refractivity contribution in [3.8, 4) is 0 Å². The number of allylic oxidation sites excluding steroid dienone is 5. The average Bonchev–Trinajstić information content (AvgIpc) is 2.32. The van der Waals surface area contributed by atoms with Crippen LogP contribution in [0.3, 0.4) is 0 Å². The van der Waals surface area contributed by atoms with E-state index in [0.29, 0.717) is 0 Å². The van der Waals surface area contributed by atoms with E-state index in [1.54, 1.807) is 19.1 Å². The van der Waals surface area contributed by atoms with Gasteiger partial charge < -0.3 is 10.2 Å². The Morgan fingerprint density at radius 3 is 2.56 bits per heavy atom. The maximum atomic E-state index is 11.8. The number of ketones is 2. The summed E-state index contributed by atoms with van der Waals surface area (Å²) in [6.45, 7) is 4.47. The summed E-state index contributed by atoms with van der Waals surface area (Å²) in [7, 11) is 0. The van der Waals surface area contributed by atoms with Gasteiger partial charge in [-0.1, -0.05) is 18.2 Å². The largest absolute Gasteiger partial charge is 0.507 e. The SMILES string of the molecule is C/C=C/C=C/C(=O)C1=C[C@](C)(O)C(=O)C(C)=C1O. The third-order valence-corrected chi connectivity index (χ3v) is 2.65. The molecule has 0 spiro atoms. The van der Waals surface area contributed by atoms with E-state index in [2.05, 4.69) is 0 Å². The molecular formula is C14H16O4. The van der Waals surface area contributed by atoms with Crippen molar-refractivity contribution < 1.29 is 19.8 Å². The summed E-state index contributed by atoms with van der Waals surface area (Å²) in [5.74, 6) is -1.44. The molecule has 0 radical (unpaired) electrons. The molecular weight excluding hydrogens is 232 g/mol. The van der Waals surface area contributed by atoms with Gasteiger partial charge in [-0.3, -0.25) is 9.59 Å². The Hall–Kier alpha value is -1.94. The predicted molar refractivity (Wildman–Crippen MR) is 68.0 cm³/mol. The third kappa shape index (κ3) is 2.65. The molecule has 0 unspecified atom stereocenters. The molecule has 0 aromatic rings. The minimum absolute atomic E-state index is 0.00900. The molecule has 2 N–H and O–H groups in total. The van der Waals surface area contributed by atoms with Crippen LogP contribution >= 0.6 is 0 Å². The summed E-state index contributed by atoms with van der Waals surface area (Å²) in [6.07, 6.45) is 7.29. The molecule has 0 fully saturated rings. The average molecular weight is 248 g/mol. The van der Waals surface area contributed by atoms with Crippen LogP contribution in [0.5, 0.6) is 0 Å². The van der Waals surface area contributed by atoms with Crippen LogP contribution in [0.15, 0.2) is 47.3 Å². The van der Waals surface area contributed by atoms with Crippen molar-refractivity contribution in [3.05, 3.63) is 47.3 Å². The lowest BCUT2D eigenvalue weighted by atomic mass is 9.84. The first-order valence-corrected chi connectivity index (χ1v) is 5.55. The van der Waals surface area contributed by atoms with Crippen LogP contribution in [-0.2, 0) is 9.59 Å². The van der Waals surface area contributed by atoms with Gasteiger partial charge in [0.2, 0.25) is 0 Å². The second-order valence-corrected chi connectivity index (χ2v) is 4.26. The van der Waals surface area contributed by atoms with E-state index in [1.807, 2.05) is 0 Å². The molecule has 0 bridgehead atoms. The van der Waals surface area contributed by atoms with Gasteiger partial charge in [-0.25, -0.2) is 0 Å². The molecule has 0 saturated carbocycles. The highest BCUT2D eigenvalue weighted by atomic mass is 16.3. The van der Waals surface area contributed by atoms with Crippen molar-refractivity contribution in [2.75, 3.05) is 0 Å². The molecule has 4 nitrogen and oxygen atoms in total. The Morgan fingerprint density at radius 2 is 2.00 bits per heavy atom. The Balaban J connectivity index is 3.16. The van der Waals surface area contributed by atoms with Crippen LogP contribution in [0.2, 0.25) is 0 Å². The van der Waals surface area contributed by atoms with E-state index < -0.39 is 17.2 Å². The minimum atomic E-state index is -1.75. The second-order valence-electron chi connectivity index (χ2n) is 4.26. The molecule has 1 atom stereocenters.